The molecular formula is C17H30N6O2. The minimum atomic E-state index is 0.113. The molecule has 0 aromatic carbocycles. The molecule has 3 aliphatic heterocycles. The molecule has 0 saturated carbocycles. The molecule has 0 aliphatic carbocycles. The fourth-order valence-corrected chi connectivity index (χ4v) is 4.07. The van der Waals surface area contributed by atoms with Gasteiger partial charge in [-0.05, 0) is 39.4 Å². The third-order valence-corrected chi connectivity index (χ3v) is 5.28. The van der Waals surface area contributed by atoms with Crippen LogP contribution in [0.5, 0.6) is 0 Å². The second kappa shape index (κ2) is 8.25. The maximum atomic E-state index is 12.4. The van der Waals surface area contributed by atoms with Crippen LogP contribution in [0.1, 0.15) is 18.5 Å². The second-order valence-corrected chi connectivity index (χ2v) is 7.49. The molecule has 1 aromatic rings. The van der Waals surface area contributed by atoms with Crippen LogP contribution in [-0.2, 0) is 22.6 Å². The van der Waals surface area contributed by atoms with Gasteiger partial charge in [-0.1, -0.05) is 5.21 Å². The van der Waals surface area contributed by atoms with Gasteiger partial charge in [0.25, 0.3) is 0 Å². The van der Waals surface area contributed by atoms with Crippen molar-refractivity contribution < 1.29 is 9.53 Å². The van der Waals surface area contributed by atoms with Gasteiger partial charge in [0.15, 0.2) is 0 Å². The van der Waals surface area contributed by atoms with Gasteiger partial charge in [0.05, 0.1) is 24.8 Å². The Bertz CT molecular complexity index is 575. The zero-order chi connectivity index (χ0) is 17.8. The topological polar surface area (TPSA) is 75.5 Å². The summed E-state index contributed by atoms with van der Waals surface area (Å²) in [7, 11) is 5.71. The number of fused-ring (bicyclic) bond motifs is 3. The molecule has 4 rings (SSSR count). The lowest BCUT2D eigenvalue weighted by Crippen LogP contribution is -2.58. The van der Waals surface area contributed by atoms with Crippen LogP contribution in [0.4, 0.5) is 0 Å². The number of piperidine rings is 3. The number of hydrogen-bond acceptors (Lipinski definition) is 6. The number of ether oxygens (including phenoxy) is 1. The van der Waals surface area contributed by atoms with Crippen molar-refractivity contribution in [1.29, 1.82) is 0 Å². The van der Waals surface area contributed by atoms with Gasteiger partial charge in [-0.25, -0.2) is 0 Å². The van der Waals surface area contributed by atoms with E-state index in [-0.39, 0.29) is 11.8 Å². The predicted octanol–water partition coefficient (Wildman–Crippen LogP) is -0.187. The van der Waals surface area contributed by atoms with Gasteiger partial charge in [-0.3, -0.25) is 14.4 Å². The first-order chi connectivity index (χ1) is 12.1. The van der Waals surface area contributed by atoms with E-state index in [1.165, 1.54) is 0 Å². The normalized spacial score (nSPS) is 28.5. The summed E-state index contributed by atoms with van der Waals surface area (Å²) < 4.78 is 6.96. The van der Waals surface area contributed by atoms with Gasteiger partial charge in [-0.15, -0.1) is 5.10 Å². The van der Waals surface area contributed by atoms with Crippen LogP contribution in [0.3, 0.4) is 0 Å². The van der Waals surface area contributed by atoms with Crippen molar-refractivity contribution in [2.24, 2.45) is 11.8 Å². The van der Waals surface area contributed by atoms with E-state index in [0.29, 0.717) is 25.1 Å². The van der Waals surface area contributed by atoms with E-state index >= 15 is 0 Å². The summed E-state index contributed by atoms with van der Waals surface area (Å²) >= 11 is 0. The fourth-order valence-electron chi connectivity index (χ4n) is 4.07. The number of nitrogens with one attached hydrogen (secondary N) is 1. The second-order valence-electron chi connectivity index (χ2n) is 7.49. The van der Waals surface area contributed by atoms with Crippen LogP contribution in [-0.4, -0.2) is 84.2 Å². The van der Waals surface area contributed by atoms with Gasteiger partial charge in [0, 0.05) is 39.0 Å². The summed E-state index contributed by atoms with van der Waals surface area (Å²) in [5.74, 6) is 0.767. The number of methoxy groups -OCH3 is 1. The van der Waals surface area contributed by atoms with Crippen LogP contribution < -0.4 is 5.32 Å². The van der Waals surface area contributed by atoms with E-state index in [2.05, 4.69) is 25.4 Å². The third kappa shape index (κ3) is 4.56. The Morgan fingerprint density at radius 1 is 1.48 bits per heavy atom. The Labute approximate surface area is 149 Å². The molecule has 25 heavy (non-hydrogen) atoms. The first-order valence-corrected chi connectivity index (χ1v) is 9.11. The Morgan fingerprint density at radius 2 is 2.32 bits per heavy atom. The van der Waals surface area contributed by atoms with Crippen molar-refractivity contribution in [3.8, 4) is 0 Å². The summed E-state index contributed by atoms with van der Waals surface area (Å²) in [6.07, 6.45) is 4.21. The Morgan fingerprint density at radius 3 is 3.00 bits per heavy atom. The van der Waals surface area contributed by atoms with Crippen LogP contribution in [0, 0.1) is 11.8 Å². The molecule has 1 N–H and O–H groups in total. The van der Waals surface area contributed by atoms with E-state index < -0.39 is 0 Å². The average molecular weight is 350 g/mol. The van der Waals surface area contributed by atoms with E-state index in [9.17, 15) is 4.79 Å². The highest BCUT2D eigenvalue weighted by Gasteiger charge is 2.43. The Hall–Kier alpha value is -1.51. The largest absolute Gasteiger partial charge is 0.383 e. The SMILES string of the molecule is COCCNC(=O)[C@H]1CN2CC[C@@H]1C[C@@H]2Cn1cc(CN(C)C)nn1. The zero-order valence-electron chi connectivity index (χ0n) is 15.5. The quantitative estimate of drug-likeness (QED) is 0.655. The minimum absolute atomic E-state index is 0.113. The standard InChI is InChI=1S/C17H30N6O2/c1-21(2)9-14-10-23(20-19-14)11-15-8-13-4-6-22(15)12-16(13)17(24)18-5-7-25-3/h10,13,15-16H,4-9,11-12H2,1-3H3,(H,18,24)/t13-,15-,16+/m1/s1. The van der Waals surface area contributed by atoms with Crippen molar-refractivity contribution >= 4 is 5.91 Å². The lowest BCUT2D eigenvalue weighted by molar-refractivity contribution is -0.133. The highest BCUT2D eigenvalue weighted by atomic mass is 16.5. The Balaban J connectivity index is 1.53. The average Bonchev–Trinajstić information content (AvgIpc) is 3.01. The number of nitrogens with zero attached hydrogens (tertiary/aromatic N) is 5. The maximum absolute atomic E-state index is 12.4. The highest BCUT2D eigenvalue weighted by Crippen LogP contribution is 2.36. The summed E-state index contributed by atoms with van der Waals surface area (Å²) in [6, 6.07) is 0.454. The van der Waals surface area contributed by atoms with E-state index in [4.69, 9.17) is 4.74 Å². The molecule has 8 heteroatoms. The van der Waals surface area contributed by atoms with Crippen molar-refractivity contribution in [3.05, 3.63) is 11.9 Å². The lowest BCUT2D eigenvalue weighted by Gasteiger charge is -2.49. The molecule has 1 unspecified atom stereocenters. The molecule has 3 aliphatic rings. The molecule has 140 valence electrons. The number of aromatic nitrogens is 3. The first kappa shape index (κ1) is 18.3. The van der Waals surface area contributed by atoms with Gasteiger partial charge in [0.2, 0.25) is 5.91 Å². The van der Waals surface area contributed by atoms with Crippen LogP contribution >= 0.6 is 0 Å². The zero-order valence-corrected chi connectivity index (χ0v) is 15.5. The highest BCUT2D eigenvalue weighted by molar-refractivity contribution is 5.79. The van der Waals surface area contributed by atoms with Gasteiger partial charge in [0.1, 0.15) is 0 Å². The number of hydrogen-bond donors (Lipinski definition) is 1. The van der Waals surface area contributed by atoms with Crippen LogP contribution in [0.2, 0.25) is 0 Å². The molecule has 1 aromatic heterocycles. The van der Waals surface area contributed by atoms with Crippen LogP contribution in [0.15, 0.2) is 6.20 Å². The Kier molecular flexibility index (Phi) is 6.03. The maximum Gasteiger partial charge on any atom is 0.224 e. The van der Waals surface area contributed by atoms with E-state index in [1.54, 1.807) is 7.11 Å². The van der Waals surface area contributed by atoms with Gasteiger partial charge < -0.3 is 15.0 Å². The summed E-state index contributed by atoms with van der Waals surface area (Å²) in [6.45, 7) is 4.76. The number of rotatable bonds is 8. The minimum Gasteiger partial charge on any atom is -0.383 e. The molecular weight excluding hydrogens is 320 g/mol. The lowest BCUT2D eigenvalue weighted by atomic mass is 9.75. The van der Waals surface area contributed by atoms with Gasteiger partial charge >= 0.3 is 0 Å². The summed E-state index contributed by atoms with van der Waals surface area (Å²) in [5, 5.41) is 11.5. The van der Waals surface area contributed by atoms with Gasteiger partial charge in [-0.2, -0.15) is 0 Å². The number of amides is 1. The molecule has 2 bridgehead atoms. The third-order valence-electron chi connectivity index (χ3n) is 5.28. The molecule has 3 saturated heterocycles. The summed E-state index contributed by atoms with van der Waals surface area (Å²) in [5.41, 5.74) is 0.997. The molecule has 8 nitrogen and oxygen atoms in total. The number of carbonyl (C=O) groups excluding carboxylic acids is 1. The first-order valence-electron chi connectivity index (χ1n) is 9.11. The fraction of sp³-hybridized carbons (Fsp3) is 0.824. The van der Waals surface area contributed by atoms with E-state index in [1.807, 2.05) is 25.0 Å². The molecule has 4 atom stereocenters. The molecule has 0 radical (unpaired) electrons. The molecule has 3 fully saturated rings. The molecule has 4 heterocycles. The van der Waals surface area contributed by atoms with Crippen LogP contribution in [0.25, 0.3) is 0 Å². The molecule has 0 spiro atoms. The van der Waals surface area contributed by atoms with E-state index in [0.717, 1.165) is 44.7 Å². The predicted molar refractivity (Wildman–Crippen MR) is 93.9 cm³/mol. The van der Waals surface area contributed by atoms with Crippen molar-refractivity contribution in [1.82, 2.24) is 30.1 Å². The smallest absolute Gasteiger partial charge is 0.224 e. The van der Waals surface area contributed by atoms with Crippen molar-refractivity contribution in [3.63, 3.8) is 0 Å². The number of carbonyl (C=O) groups is 1. The summed E-state index contributed by atoms with van der Waals surface area (Å²) in [4.78, 5) is 17.0. The molecule has 1 amide bonds. The van der Waals surface area contributed by atoms with Crippen molar-refractivity contribution in [2.45, 2.75) is 32.0 Å². The monoisotopic (exact) mass is 350 g/mol. The van der Waals surface area contributed by atoms with Crippen molar-refractivity contribution in [2.75, 3.05) is 47.4 Å².